The lowest BCUT2D eigenvalue weighted by Crippen LogP contribution is -2.34. The molecule has 2 N–H and O–H groups in total. The van der Waals surface area contributed by atoms with E-state index < -0.39 is 10.0 Å². The first-order valence-electron chi connectivity index (χ1n) is 6.74. The Labute approximate surface area is 125 Å². The van der Waals surface area contributed by atoms with E-state index in [9.17, 15) is 8.42 Å². The van der Waals surface area contributed by atoms with Crippen LogP contribution in [0.5, 0.6) is 5.75 Å². The van der Waals surface area contributed by atoms with Gasteiger partial charge in [0.1, 0.15) is 10.6 Å². The minimum Gasteiger partial charge on any atom is -0.495 e. The summed E-state index contributed by atoms with van der Waals surface area (Å²) in [5, 5.41) is 8.89. The van der Waals surface area contributed by atoms with Crippen LogP contribution >= 0.6 is 0 Å². The lowest BCUT2D eigenvalue weighted by Gasteiger charge is -2.22. The first-order chi connectivity index (χ1) is 9.93. The lowest BCUT2D eigenvalue weighted by molar-refractivity contribution is 0.385. The van der Waals surface area contributed by atoms with Gasteiger partial charge in [-0.3, -0.25) is 0 Å². The van der Waals surface area contributed by atoms with Crippen molar-refractivity contribution in [1.29, 1.82) is 5.26 Å². The molecule has 1 aromatic rings. The Morgan fingerprint density at radius 2 is 2.24 bits per heavy atom. The molecule has 7 heteroatoms. The zero-order valence-electron chi connectivity index (χ0n) is 12.1. The molecule has 1 saturated heterocycles. The number of hydrogen-bond acceptors (Lipinski definition) is 5. The summed E-state index contributed by atoms with van der Waals surface area (Å²) in [5.74, 6) is 0.372. The van der Waals surface area contributed by atoms with E-state index in [1.807, 2.05) is 13.0 Å². The Kier molecular flexibility index (Phi) is 4.52. The monoisotopic (exact) mass is 309 g/mol. The Bertz CT molecular complexity index is 667. The average Bonchev–Trinajstić information content (AvgIpc) is 2.88. The lowest BCUT2D eigenvalue weighted by atomic mass is 10.1. The predicted octanol–water partition coefficient (Wildman–Crippen LogP) is 0.925. The SMILES string of the molecule is COc1cc(C#N)ccc1S(=O)(=O)N1CC(CN)CC1C. The van der Waals surface area contributed by atoms with E-state index in [1.165, 1.54) is 29.6 Å². The van der Waals surface area contributed by atoms with Gasteiger partial charge in [-0.25, -0.2) is 8.42 Å². The first-order valence-corrected chi connectivity index (χ1v) is 8.18. The molecule has 2 unspecified atom stereocenters. The molecule has 0 saturated carbocycles. The molecule has 1 aliphatic heterocycles. The second-order valence-electron chi connectivity index (χ2n) is 5.24. The van der Waals surface area contributed by atoms with Crippen LogP contribution in [0.15, 0.2) is 23.1 Å². The van der Waals surface area contributed by atoms with Gasteiger partial charge in [-0.15, -0.1) is 0 Å². The molecular formula is C14H19N3O3S. The fourth-order valence-corrected chi connectivity index (χ4v) is 4.55. The maximum absolute atomic E-state index is 12.8. The van der Waals surface area contributed by atoms with Crippen LogP contribution in [0.1, 0.15) is 18.9 Å². The zero-order chi connectivity index (χ0) is 15.6. The zero-order valence-corrected chi connectivity index (χ0v) is 12.9. The molecule has 0 spiro atoms. The number of hydrogen-bond donors (Lipinski definition) is 1. The molecule has 6 nitrogen and oxygen atoms in total. The largest absolute Gasteiger partial charge is 0.495 e. The van der Waals surface area contributed by atoms with Gasteiger partial charge in [-0.2, -0.15) is 9.57 Å². The van der Waals surface area contributed by atoms with E-state index in [-0.39, 0.29) is 22.6 Å². The van der Waals surface area contributed by atoms with Crippen LogP contribution in [-0.4, -0.2) is 39.0 Å². The van der Waals surface area contributed by atoms with Crippen LogP contribution in [0.25, 0.3) is 0 Å². The number of sulfonamides is 1. The summed E-state index contributed by atoms with van der Waals surface area (Å²) in [6.45, 7) is 2.77. The summed E-state index contributed by atoms with van der Waals surface area (Å²) in [4.78, 5) is 0.0912. The van der Waals surface area contributed by atoms with Gasteiger partial charge < -0.3 is 10.5 Å². The second kappa shape index (κ2) is 6.02. The number of benzene rings is 1. The first kappa shape index (κ1) is 15.8. The predicted molar refractivity (Wildman–Crippen MR) is 78.2 cm³/mol. The van der Waals surface area contributed by atoms with Crippen molar-refractivity contribution in [3.63, 3.8) is 0 Å². The third-order valence-corrected chi connectivity index (χ3v) is 5.84. The van der Waals surface area contributed by atoms with Gasteiger partial charge in [0.25, 0.3) is 0 Å². The van der Waals surface area contributed by atoms with E-state index in [2.05, 4.69) is 0 Å². The minimum absolute atomic E-state index is 0.0912. The van der Waals surface area contributed by atoms with Gasteiger partial charge in [0, 0.05) is 12.6 Å². The fourth-order valence-electron chi connectivity index (χ4n) is 2.69. The van der Waals surface area contributed by atoms with Crippen molar-refractivity contribution in [1.82, 2.24) is 4.31 Å². The van der Waals surface area contributed by atoms with Gasteiger partial charge in [-0.1, -0.05) is 0 Å². The second-order valence-corrected chi connectivity index (χ2v) is 7.10. The molecule has 2 rings (SSSR count). The Morgan fingerprint density at radius 3 is 2.76 bits per heavy atom. The molecule has 21 heavy (non-hydrogen) atoms. The van der Waals surface area contributed by atoms with Crippen molar-refractivity contribution in [3.05, 3.63) is 23.8 Å². The molecule has 114 valence electrons. The number of nitriles is 1. The molecule has 1 heterocycles. The summed E-state index contributed by atoms with van der Waals surface area (Å²) in [5.41, 5.74) is 6.01. The molecule has 0 aromatic heterocycles. The smallest absolute Gasteiger partial charge is 0.247 e. The van der Waals surface area contributed by atoms with Crippen molar-refractivity contribution in [3.8, 4) is 11.8 Å². The van der Waals surface area contributed by atoms with Gasteiger partial charge in [0.05, 0.1) is 18.7 Å². The summed E-state index contributed by atoms with van der Waals surface area (Å²) < 4.78 is 32.2. The van der Waals surface area contributed by atoms with Crippen molar-refractivity contribution in [2.24, 2.45) is 11.7 Å². The minimum atomic E-state index is -3.66. The Morgan fingerprint density at radius 1 is 1.52 bits per heavy atom. The molecule has 0 radical (unpaired) electrons. The highest BCUT2D eigenvalue weighted by Gasteiger charge is 2.38. The van der Waals surface area contributed by atoms with Crippen LogP contribution in [0.3, 0.4) is 0 Å². The normalized spacial score (nSPS) is 23.0. The van der Waals surface area contributed by atoms with E-state index in [0.717, 1.165) is 6.42 Å². The summed E-state index contributed by atoms with van der Waals surface area (Å²) in [6.07, 6.45) is 0.758. The van der Waals surface area contributed by atoms with Gasteiger partial charge in [0.15, 0.2) is 0 Å². The quantitative estimate of drug-likeness (QED) is 0.892. The standard InChI is InChI=1S/C14H19N3O3S/c1-10-5-12(8-16)9-17(10)21(18,19)14-4-3-11(7-15)6-13(14)20-2/h3-4,6,10,12H,5,8-9,16H2,1-2H3. The highest BCUT2D eigenvalue weighted by molar-refractivity contribution is 7.89. The Hall–Kier alpha value is -1.62. The van der Waals surface area contributed by atoms with E-state index in [4.69, 9.17) is 15.7 Å². The van der Waals surface area contributed by atoms with Crippen LogP contribution in [0.2, 0.25) is 0 Å². The van der Waals surface area contributed by atoms with Crippen LogP contribution in [0, 0.1) is 17.2 Å². The number of nitrogens with zero attached hydrogens (tertiary/aromatic N) is 2. The summed E-state index contributed by atoms with van der Waals surface area (Å²) in [6, 6.07) is 6.22. The van der Waals surface area contributed by atoms with Gasteiger partial charge >= 0.3 is 0 Å². The molecule has 0 bridgehead atoms. The molecule has 1 fully saturated rings. The van der Waals surface area contributed by atoms with Crippen LogP contribution in [0.4, 0.5) is 0 Å². The van der Waals surface area contributed by atoms with E-state index >= 15 is 0 Å². The summed E-state index contributed by atoms with van der Waals surface area (Å²) in [7, 11) is -2.26. The third kappa shape index (κ3) is 2.88. The van der Waals surface area contributed by atoms with Crippen molar-refractivity contribution in [2.45, 2.75) is 24.3 Å². The summed E-state index contributed by atoms with van der Waals surface area (Å²) >= 11 is 0. The molecule has 1 aromatic carbocycles. The molecule has 1 aliphatic rings. The fraction of sp³-hybridized carbons (Fsp3) is 0.500. The maximum Gasteiger partial charge on any atom is 0.247 e. The number of ether oxygens (including phenoxy) is 1. The van der Waals surface area contributed by atoms with Gasteiger partial charge in [-0.05, 0) is 44.0 Å². The van der Waals surface area contributed by atoms with Crippen molar-refractivity contribution >= 4 is 10.0 Å². The van der Waals surface area contributed by atoms with Crippen molar-refractivity contribution in [2.75, 3.05) is 20.2 Å². The van der Waals surface area contributed by atoms with Crippen LogP contribution < -0.4 is 10.5 Å². The van der Waals surface area contributed by atoms with Gasteiger partial charge in [0.2, 0.25) is 10.0 Å². The number of rotatable bonds is 4. The Balaban J connectivity index is 2.43. The number of methoxy groups -OCH3 is 1. The topological polar surface area (TPSA) is 96.4 Å². The highest BCUT2D eigenvalue weighted by atomic mass is 32.2. The maximum atomic E-state index is 12.8. The highest BCUT2D eigenvalue weighted by Crippen LogP contribution is 2.33. The van der Waals surface area contributed by atoms with E-state index in [1.54, 1.807) is 0 Å². The van der Waals surface area contributed by atoms with Crippen LogP contribution in [-0.2, 0) is 10.0 Å². The van der Waals surface area contributed by atoms with Crippen molar-refractivity contribution < 1.29 is 13.2 Å². The molecule has 2 atom stereocenters. The number of nitrogens with two attached hydrogens (primary N) is 1. The molecule has 0 amide bonds. The average molecular weight is 309 g/mol. The molecule has 0 aliphatic carbocycles. The molecular weight excluding hydrogens is 290 g/mol. The van der Waals surface area contributed by atoms with E-state index in [0.29, 0.717) is 18.7 Å². The third-order valence-electron chi connectivity index (χ3n) is 3.82.